The molecule has 4 bridgehead atoms. The van der Waals surface area contributed by atoms with Crippen LogP contribution in [0.5, 0.6) is 0 Å². The average molecular weight is 411 g/mol. The van der Waals surface area contributed by atoms with E-state index < -0.39 is 0 Å². The molecule has 0 N–H and O–H groups in total. The van der Waals surface area contributed by atoms with Gasteiger partial charge in [-0.3, -0.25) is 0 Å². The Hall–Kier alpha value is -0.330. The van der Waals surface area contributed by atoms with Crippen LogP contribution >= 0.6 is 39.0 Å². The number of rotatable bonds is 4. The van der Waals surface area contributed by atoms with E-state index in [4.69, 9.17) is 4.42 Å². The Morgan fingerprint density at radius 1 is 1.13 bits per heavy atom. The van der Waals surface area contributed by atoms with Gasteiger partial charge in [0.25, 0.3) is 5.89 Å². The Balaban J connectivity index is 1.29. The number of nitrogens with zero attached hydrogens (tertiary/aromatic N) is 2. The summed E-state index contributed by atoms with van der Waals surface area (Å²) in [4.78, 5) is 1.04. The van der Waals surface area contributed by atoms with Crippen LogP contribution in [0.15, 0.2) is 20.3 Å². The first-order chi connectivity index (χ1) is 11.2. The van der Waals surface area contributed by atoms with Crippen molar-refractivity contribution in [2.24, 2.45) is 17.8 Å². The van der Waals surface area contributed by atoms with Gasteiger partial charge in [0.15, 0.2) is 0 Å². The summed E-state index contributed by atoms with van der Waals surface area (Å²) < 4.78 is 7.50. The van der Waals surface area contributed by atoms with Gasteiger partial charge in [-0.25, -0.2) is 0 Å². The molecule has 122 valence electrons. The first-order valence-electron chi connectivity index (χ1n) is 8.39. The summed E-state index contributed by atoms with van der Waals surface area (Å²) >= 11 is 7.21. The van der Waals surface area contributed by atoms with Gasteiger partial charge in [-0.2, -0.15) is 0 Å². The predicted octanol–water partition coefficient (Wildman–Crippen LogP) is 5.76. The molecule has 4 fully saturated rings. The van der Waals surface area contributed by atoms with E-state index in [1.807, 2.05) is 12.1 Å². The van der Waals surface area contributed by atoms with Crippen molar-refractivity contribution < 1.29 is 4.42 Å². The van der Waals surface area contributed by atoms with Crippen LogP contribution in [0.25, 0.3) is 10.8 Å². The molecule has 23 heavy (non-hydrogen) atoms. The third kappa shape index (κ3) is 2.81. The largest absolute Gasteiger partial charge is 0.419 e. The smallest absolute Gasteiger partial charge is 0.257 e. The number of thioether (sulfide) groups is 1. The van der Waals surface area contributed by atoms with Crippen molar-refractivity contribution in [2.75, 3.05) is 0 Å². The highest BCUT2D eigenvalue weighted by molar-refractivity contribution is 9.11. The average Bonchev–Trinajstić information content (AvgIpc) is 3.12. The van der Waals surface area contributed by atoms with Crippen molar-refractivity contribution in [2.45, 2.75) is 49.0 Å². The number of hydrogen-bond acceptors (Lipinski definition) is 5. The van der Waals surface area contributed by atoms with Crippen molar-refractivity contribution in [1.29, 1.82) is 0 Å². The van der Waals surface area contributed by atoms with Crippen LogP contribution in [-0.4, -0.2) is 14.9 Å². The second kappa shape index (κ2) is 5.60. The molecule has 0 radical (unpaired) electrons. The normalized spacial score (nSPS) is 35.1. The van der Waals surface area contributed by atoms with Crippen LogP contribution in [0.1, 0.15) is 44.4 Å². The van der Waals surface area contributed by atoms with Crippen molar-refractivity contribution in [3.8, 4) is 10.8 Å². The van der Waals surface area contributed by atoms with Gasteiger partial charge >= 0.3 is 0 Å². The molecule has 4 aliphatic rings. The summed E-state index contributed by atoms with van der Waals surface area (Å²) in [6.07, 6.45) is 8.75. The third-order valence-corrected chi connectivity index (χ3v) is 8.85. The highest BCUT2D eigenvalue weighted by Crippen LogP contribution is 2.61. The summed E-state index contributed by atoms with van der Waals surface area (Å²) in [5.74, 6) is 5.29. The van der Waals surface area contributed by atoms with Crippen molar-refractivity contribution >= 4 is 39.0 Å². The van der Waals surface area contributed by atoms with Crippen LogP contribution in [0.3, 0.4) is 0 Å². The van der Waals surface area contributed by atoms with E-state index in [9.17, 15) is 0 Å². The molecule has 4 aliphatic carbocycles. The minimum Gasteiger partial charge on any atom is -0.419 e. The second-order valence-electron chi connectivity index (χ2n) is 7.49. The molecule has 0 saturated heterocycles. The van der Waals surface area contributed by atoms with E-state index in [2.05, 4.69) is 37.9 Å². The summed E-state index contributed by atoms with van der Waals surface area (Å²) in [7, 11) is 0. The number of halogens is 1. The van der Waals surface area contributed by atoms with Gasteiger partial charge in [-0.05, 0) is 84.3 Å². The van der Waals surface area contributed by atoms with E-state index in [1.165, 1.54) is 38.5 Å². The molecule has 2 heterocycles. The Kier molecular flexibility index (Phi) is 3.64. The minimum atomic E-state index is 0.509. The molecule has 4 saturated carbocycles. The monoisotopic (exact) mass is 410 g/mol. The predicted molar refractivity (Wildman–Crippen MR) is 97.5 cm³/mol. The molecule has 2 aromatic heterocycles. The molecule has 3 nitrogen and oxygen atoms in total. The van der Waals surface area contributed by atoms with Crippen molar-refractivity contribution in [3.63, 3.8) is 0 Å². The van der Waals surface area contributed by atoms with Gasteiger partial charge in [0.1, 0.15) is 0 Å². The molecule has 0 amide bonds. The van der Waals surface area contributed by atoms with E-state index in [0.717, 1.165) is 38.1 Å². The first-order valence-corrected chi connectivity index (χ1v) is 11.0. The van der Waals surface area contributed by atoms with Gasteiger partial charge < -0.3 is 4.42 Å². The van der Waals surface area contributed by atoms with Gasteiger partial charge in [0.05, 0.1) is 14.4 Å². The Morgan fingerprint density at radius 3 is 2.43 bits per heavy atom. The van der Waals surface area contributed by atoms with Crippen LogP contribution < -0.4 is 0 Å². The van der Waals surface area contributed by atoms with E-state index in [1.54, 1.807) is 11.3 Å². The maximum atomic E-state index is 5.89. The first kappa shape index (κ1) is 15.0. The zero-order valence-electron chi connectivity index (χ0n) is 12.8. The standard InChI is InChI=1S/C17H19BrN2OS2/c18-14-2-1-13(23-14)16-20-19-15(21-16)9-22-17-6-10-3-11(7-17)5-12(4-10)8-17/h1-2,10-12H,3-9H2. The van der Waals surface area contributed by atoms with Gasteiger partial charge in [0.2, 0.25) is 5.89 Å². The summed E-state index contributed by atoms with van der Waals surface area (Å²) in [6, 6.07) is 4.05. The summed E-state index contributed by atoms with van der Waals surface area (Å²) in [5, 5.41) is 8.50. The van der Waals surface area contributed by atoms with E-state index in [-0.39, 0.29) is 0 Å². The molecule has 6 rings (SSSR count). The summed E-state index contributed by atoms with van der Waals surface area (Å²) in [6.45, 7) is 0. The van der Waals surface area contributed by atoms with Gasteiger partial charge in [0, 0.05) is 4.75 Å². The molecular formula is C17H19BrN2OS2. The molecular weight excluding hydrogens is 392 g/mol. The second-order valence-corrected chi connectivity index (χ2v) is 11.4. The number of thiophene rings is 1. The topological polar surface area (TPSA) is 38.9 Å². The number of aromatic nitrogens is 2. The maximum Gasteiger partial charge on any atom is 0.257 e. The fourth-order valence-electron chi connectivity index (χ4n) is 5.26. The molecule has 0 aliphatic heterocycles. The summed E-state index contributed by atoms with van der Waals surface area (Å²) in [5.41, 5.74) is 0. The Labute approximate surface area is 152 Å². The molecule has 0 unspecified atom stereocenters. The molecule has 6 heteroatoms. The van der Waals surface area contributed by atoms with Gasteiger partial charge in [-0.1, -0.05) is 0 Å². The maximum absolute atomic E-state index is 5.89. The molecule has 2 aromatic rings. The lowest BCUT2D eigenvalue weighted by Crippen LogP contribution is -2.48. The van der Waals surface area contributed by atoms with Crippen molar-refractivity contribution in [3.05, 3.63) is 21.8 Å². The minimum absolute atomic E-state index is 0.509. The Morgan fingerprint density at radius 2 is 1.83 bits per heavy atom. The van der Waals surface area contributed by atoms with Crippen molar-refractivity contribution in [1.82, 2.24) is 10.2 Å². The zero-order valence-corrected chi connectivity index (χ0v) is 16.1. The van der Waals surface area contributed by atoms with Crippen LogP contribution in [-0.2, 0) is 5.75 Å². The fraction of sp³-hybridized carbons (Fsp3) is 0.647. The fourth-order valence-corrected chi connectivity index (χ4v) is 8.18. The highest BCUT2D eigenvalue weighted by Gasteiger charge is 2.51. The molecule has 0 aromatic carbocycles. The van der Waals surface area contributed by atoms with Gasteiger partial charge in [-0.15, -0.1) is 33.3 Å². The van der Waals surface area contributed by atoms with E-state index >= 15 is 0 Å². The lowest BCUT2D eigenvalue weighted by molar-refractivity contribution is 0.0382. The van der Waals surface area contributed by atoms with Crippen LogP contribution in [0.4, 0.5) is 0 Å². The van der Waals surface area contributed by atoms with Crippen LogP contribution in [0.2, 0.25) is 0 Å². The lowest BCUT2D eigenvalue weighted by Gasteiger charge is -2.56. The number of hydrogen-bond donors (Lipinski definition) is 0. The molecule has 0 atom stereocenters. The lowest BCUT2D eigenvalue weighted by atomic mass is 9.56. The Bertz CT molecular complexity index is 690. The third-order valence-electron chi connectivity index (χ3n) is 5.73. The van der Waals surface area contributed by atoms with E-state index in [0.29, 0.717) is 10.6 Å². The highest BCUT2D eigenvalue weighted by atomic mass is 79.9. The molecule has 0 spiro atoms. The zero-order chi connectivity index (χ0) is 15.4. The SMILES string of the molecule is Brc1ccc(-c2nnc(CSC34CC5CC(CC(C5)C3)C4)o2)s1. The van der Waals surface area contributed by atoms with Crippen LogP contribution in [0, 0.1) is 17.8 Å². The quantitative estimate of drug-likeness (QED) is 0.641.